The molecule has 1 N–H and O–H groups in total. The van der Waals surface area contributed by atoms with Crippen molar-refractivity contribution in [3.8, 4) is 0 Å². The lowest BCUT2D eigenvalue weighted by molar-refractivity contribution is 0.102. The Morgan fingerprint density at radius 3 is 2.67 bits per heavy atom. The fraction of sp³-hybridized carbons (Fsp3) is 0.154. The summed E-state index contributed by atoms with van der Waals surface area (Å²) < 4.78 is 2.24. The molecule has 0 fully saturated rings. The van der Waals surface area contributed by atoms with Gasteiger partial charge in [-0.3, -0.25) is 4.79 Å². The molecule has 8 nitrogen and oxygen atoms in total. The molecule has 2 heterocycles. The molecule has 0 spiro atoms. The number of amides is 1. The van der Waals surface area contributed by atoms with Gasteiger partial charge in [-0.15, -0.1) is 5.10 Å². The van der Waals surface area contributed by atoms with E-state index in [0.29, 0.717) is 5.69 Å². The van der Waals surface area contributed by atoms with Crippen LogP contribution in [0.1, 0.15) is 16.1 Å². The van der Waals surface area contributed by atoms with Crippen LogP contribution >= 0.6 is 0 Å². The zero-order valence-electron chi connectivity index (χ0n) is 11.4. The van der Waals surface area contributed by atoms with Gasteiger partial charge in [0.05, 0.1) is 0 Å². The van der Waals surface area contributed by atoms with Crippen LogP contribution in [0.2, 0.25) is 0 Å². The summed E-state index contributed by atoms with van der Waals surface area (Å²) in [6, 6.07) is 7.35. The van der Waals surface area contributed by atoms with Crippen LogP contribution in [0, 0.1) is 6.92 Å². The summed E-state index contributed by atoms with van der Waals surface area (Å²) in [5.74, 6) is -0.441. The van der Waals surface area contributed by atoms with E-state index in [1.54, 1.807) is 12.1 Å². The van der Waals surface area contributed by atoms with Crippen LogP contribution in [0.5, 0.6) is 0 Å². The zero-order chi connectivity index (χ0) is 15.0. The maximum absolute atomic E-state index is 12.2. The van der Waals surface area contributed by atoms with Gasteiger partial charge in [0.1, 0.15) is 6.33 Å². The first-order valence-corrected chi connectivity index (χ1v) is 6.21. The average Bonchev–Trinajstić information content (AvgIpc) is 2.90. The SMILES string of the molecule is Cc1ccc(NC(=O)c2ncn3c(=O)n(C)nnc23)cc1. The number of fused-ring (bicyclic) bond motifs is 1. The number of benzene rings is 1. The van der Waals surface area contributed by atoms with E-state index >= 15 is 0 Å². The second kappa shape index (κ2) is 4.82. The van der Waals surface area contributed by atoms with E-state index in [1.165, 1.54) is 17.8 Å². The molecule has 0 radical (unpaired) electrons. The highest BCUT2D eigenvalue weighted by atomic mass is 16.2. The number of imidazole rings is 1. The summed E-state index contributed by atoms with van der Waals surface area (Å²) >= 11 is 0. The molecule has 3 rings (SSSR count). The molecular formula is C13H12N6O2. The minimum absolute atomic E-state index is 0.0563. The zero-order valence-corrected chi connectivity index (χ0v) is 11.4. The van der Waals surface area contributed by atoms with Gasteiger partial charge in [0.15, 0.2) is 11.3 Å². The Balaban J connectivity index is 1.97. The first kappa shape index (κ1) is 13.0. The quantitative estimate of drug-likeness (QED) is 0.734. The van der Waals surface area contributed by atoms with E-state index in [-0.39, 0.29) is 11.3 Å². The Morgan fingerprint density at radius 2 is 1.95 bits per heavy atom. The highest BCUT2D eigenvalue weighted by Crippen LogP contribution is 2.11. The number of carbonyl (C=O) groups is 1. The number of hydrogen-bond acceptors (Lipinski definition) is 5. The highest BCUT2D eigenvalue weighted by Gasteiger charge is 2.17. The van der Waals surface area contributed by atoms with E-state index < -0.39 is 11.6 Å². The van der Waals surface area contributed by atoms with Gasteiger partial charge < -0.3 is 5.32 Å². The lowest BCUT2D eigenvalue weighted by atomic mass is 10.2. The van der Waals surface area contributed by atoms with Gasteiger partial charge in [0.2, 0.25) is 0 Å². The van der Waals surface area contributed by atoms with Crippen LogP contribution in [-0.4, -0.2) is 30.3 Å². The van der Waals surface area contributed by atoms with Crippen LogP contribution in [-0.2, 0) is 7.05 Å². The molecule has 1 aromatic carbocycles. The molecule has 21 heavy (non-hydrogen) atoms. The molecular weight excluding hydrogens is 272 g/mol. The molecule has 1 amide bonds. The van der Waals surface area contributed by atoms with Gasteiger partial charge in [0, 0.05) is 12.7 Å². The number of aromatic nitrogens is 5. The summed E-state index contributed by atoms with van der Waals surface area (Å²) in [5, 5.41) is 10.2. The molecule has 0 atom stereocenters. The second-order valence-electron chi connectivity index (χ2n) is 4.60. The van der Waals surface area contributed by atoms with E-state index in [2.05, 4.69) is 20.6 Å². The van der Waals surface area contributed by atoms with Gasteiger partial charge in [-0.05, 0) is 19.1 Å². The van der Waals surface area contributed by atoms with Crippen molar-refractivity contribution >= 4 is 17.2 Å². The largest absolute Gasteiger partial charge is 0.352 e. The van der Waals surface area contributed by atoms with Gasteiger partial charge in [-0.25, -0.2) is 14.2 Å². The normalized spacial score (nSPS) is 10.8. The van der Waals surface area contributed by atoms with Crippen LogP contribution in [0.15, 0.2) is 35.4 Å². The summed E-state index contributed by atoms with van der Waals surface area (Å²) in [6.45, 7) is 1.96. The molecule has 2 aromatic heterocycles. The van der Waals surface area contributed by atoms with Gasteiger partial charge in [-0.1, -0.05) is 22.9 Å². The van der Waals surface area contributed by atoms with Crippen molar-refractivity contribution in [3.05, 3.63) is 52.3 Å². The molecule has 0 aliphatic carbocycles. The Bertz CT molecular complexity index is 878. The standard InChI is InChI=1S/C13H12N6O2/c1-8-3-5-9(6-4-8)15-12(20)10-11-16-17-18(2)13(21)19(11)7-14-10/h3-7H,1-2H3,(H,15,20). The van der Waals surface area contributed by atoms with Crippen molar-refractivity contribution in [1.82, 2.24) is 24.4 Å². The number of carbonyl (C=O) groups excluding carboxylic acids is 1. The van der Waals surface area contributed by atoms with Gasteiger partial charge in [0.25, 0.3) is 5.91 Å². The fourth-order valence-corrected chi connectivity index (χ4v) is 1.87. The van der Waals surface area contributed by atoms with Crippen molar-refractivity contribution in [2.45, 2.75) is 6.92 Å². The maximum Gasteiger partial charge on any atom is 0.352 e. The minimum Gasteiger partial charge on any atom is -0.321 e. The monoisotopic (exact) mass is 284 g/mol. The topological polar surface area (TPSA) is 94.2 Å². The molecule has 3 aromatic rings. The van der Waals surface area contributed by atoms with Gasteiger partial charge in [-0.2, -0.15) is 4.68 Å². The van der Waals surface area contributed by atoms with Crippen molar-refractivity contribution in [2.75, 3.05) is 5.32 Å². The molecule has 0 aliphatic rings. The predicted octanol–water partition coefficient (Wildman–Crippen LogP) is 0.384. The average molecular weight is 284 g/mol. The van der Waals surface area contributed by atoms with E-state index in [9.17, 15) is 9.59 Å². The molecule has 0 saturated carbocycles. The van der Waals surface area contributed by atoms with E-state index in [1.807, 2.05) is 19.1 Å². The Hall–Kier alpha value is -3.03. The van der Waals surface area contributed by atoms with Crippen LogP contribution in [0.4, 0.5) is 5.69 Å². The number of rotatable bonds is 2. The van der Waals surface area contributed by atoms with Crippen molar-refractivity contribution < 1.29 is 4.79 Å². The second-order valence-corrected chi connectivity index (χ2v) is 4.60. The highest BCUT2D eigenvalue weighted by molar-refractivity contribution is 6.06. The lowest BCUT2D eigenvalue weighted by Gasteiger charge is -2.03. The fourth-order valence-electron chi connectivity index (χ4n) is 1.87. The summed E-state index contributed by atoms with van der Waals surface area (Å²) in [4.78, 5) is 28.0. The third-order valence-corrected chi connectivity index (χ3v) is 3.02. The first-order chi connectivity index (χ1) is 10.1. The van der Waals surface area contributed by atoms with Crippen LogP contribution in [0.25, 0.3) is 5.65 Å². The van der Waals surface area contributed by atoms with Crippen molar-refractivity contribution in [1.29, 1.82) is 0 Å². The molecule has 8 heteroatoms. The predicted molar refractivity (Wildman–Crippen MR) is 75.2 cm³/mol. The number of nitrogens with zero attached hydrogens (tertiary/aromatic N) is 5. The molecule has 106 valence electrons. The smallest absolute Gasteiger partial charge is 0.321 e. The molecule has 0 unspecified atom stereocenters. The van der Waals surface area contributed by atoms with Crippen LogP contribution in [0.3, 0.4) is 0 Å². The molecule has 0 saturated heterocycles. The van der Waals surface area contributed by atoms with Crippen molar-refractivity contribution in [2.24, 2.45) is 7.05 Å². The van der Waals surface area contributed by atoms with Crippen molar-refractivity contribution in [3.63, 3.8) is 0 Å². The first-order valence-electron chi connectivity index (χ1n) is 6.21. The Kier molecular flexibility index (Phi) is 2.98. The number of anilines is 1. The lowest BCUT2D eigenvalue weighted by Crippen LogP contribution is -2.27. The Morgan fingerprint density at radius 1 is 1.24 bits per heavy atom. The third kappa shape index (κ3) is 2.27. The van der Waals surface area contributed by atoms with E-state index in [0.717, 1.165) is 10.2 Å². The number of aryl methyl sites for hydroxylation is 2. The van der Waals surface area contributed by atoms with Crippen LogP contribution < -0.4 is 11.0 Å². The molecule has 0 aliphatic heterocycles. The maximum atomic E-state index is 12.2. The summed E-state index contributed by atoms with van der Waals surface area (Å²) in [6.07, 6.45) is 1.26. The molecule has 0 bridgehead atoms. The Labute approximate surface area is 119 Å². The summed E-state index contributed by atoms with van der Waals surface area (Å²) in [5.41, 5.74) is 1.50. The minimum atomic E-state index is -0.441. The third-order valence-electron chi connectivity index (χ3n) is 3.02. The summed E-state index contributed by atoms with van der Waals surface area (Å²) in [7, 11) is 1.47. The number of nitrogens with one attached hydrogen (secondary N) is 1. The number of hydrogen-bond donors (Lipinski definition) is 1. The van der Waals surface area contributed by atoms with Gasteiger partial charge >= 0.3 is 5.69 Å². The van der Waals surface area contributed by atoms with E-state index in [4.69, 9.17) is 0 Å².